The summed E-state index contributed by atoms with van der Waals surface area (Å²) in [6, 6.07) is 13.3. The van der Waals surface area contributed by atoms with E-state index in [1.54, 1.807) is 6.07 Å². The van der Waals surface area contributed by atoms with Crippen LogP contribution in [0.2, 0.25) is 0 Å². The zero-order valence-electron chi connectivity index (χ0n) is 15.6. The molecule has 0 bridgehead atoms. The predicted octanol–water partition coefficient (Wildman–Crippen LogP) is 4.11. The Morgan fingerprint density at radius 2 is 2.07 bits per heavy atom. The quantitative estimate of drug-likeness (QED) is 0.503. The average Bonchev–Trinajstić information content (AvgIpc) is 3.05. The van der Waals surface area contributed by atoms with Gasteiger partial charge in [-0.15, -0.1) is 6.58 Å². The van der Waals surface area contributed by atoms with Gasteiger partial charge in [-0.05, 0) is 31.2 Å². The van der Waals surface area contributed by atoms with Gasteiger partial charge in [0.15, 0.2) is 16.7 Å². The van der Waals surface area contributed by atoms with Crippen LogP contribution >= 0.6 is 11.8 Å². The molecule has 0 aliphatic carbocycles. The highest BCUT2D eigenvalue weighted by Gasteiger charge is 2.20. The maximum Gasteiger partial charge on any atom is 0.237 e. The molecule has 1 aromatic heterocycles. The van der Waals surface area contributed by atoms with E-state index in [1.807, 2.05) is 49.4 Å². The van der Waals surface area contributed by atoms with Crippen LogP contribution in [0, 0.1) is 0 Å². The van der Waals surface area contributed by atoms with E-state index in [9.17, 15) is 4.79 Å². The number of nitrogens with one attached hydrogen (secondary N) is 1. The minimum absolute atomic E-state index is 0.0983. The lowest BCUT2D eigenvalue weighted by atomic mass is 10.2. The minimum Gasteiger partial charge on any atom is -0.486 e. The van der Waals surface area contributed by atoms with Crippen molar-refractivity contribution in [3.05, 3.63) is 55.1 Å². The van der Waals surface area contributed by atoms with Crippen molar-refractivity contribution in [3.63, 3.8) is 0 Å². The van der Waals surface area contributed by atoms with Gasteiger partial charge in [-0.1, -0.05) is 30.0 Å². The van der Waals surface area contributed by atoms with Gasteiger partial charge >= 0.3 is 0 Å². The van der Waals surface area contributed by atoms with Gasteiger partial charge in [-0.25, -0.2) is 4.98 Å². The molecule has 1 amide bonds. The largest absolute Gasteiger partial charge is 0.486 e. The van der Waals surface area contributed by atoms with E-state index in [0.717, 1.165) is 16.2 Å². The minimum atomic E-state index is -0.325. The van der Waals surface area contributed by atoms with E-state index >= 15 is 0 Å². The second-order valence-electron chi connectivity index (χ2n) is 6.39. The second kappa shape index (κ2) is 7.98. The summed E-state index contributed by atoms with van der Waals surface area (Å²) in [7, 11) is 0. The van der Waals surface area contributed by atoms with Crippen molar-refractivity contribution in [2.45, 2.75) is 23.9 Å². The fourth-order valence-corrected chi connectivity index (χ4v) is 3.96. The monoisotopic (exact) mass is 395 g/mol. The van der Waals surface area contributed by atoms with E-state index in [2.05, 4.69) is 21.4 Å². The molecule has 0 fully saturated rings. The van der Waals surface area contributed by atoms with Crippen LogP contribution in [-0.2, 0) is 11.3 Å². The Morgan fingerprint density at radius 3 is 2.89 bits per heavy atom. The van der Waals surface area contributed by atoms with Crippen molar-refractivity contribution in [2.24, 2.45) is 0 Å². The Labute approximate surface area is 167 Å². The summed E-state index contributed by atoms with van der Waals surface area (Å²) in [5, 5.41) is 3.42. The van der Waals surface area contributed by atoms with E-state index in [1.165, 1.54) is 11.8 Å². The third-order valence-corrected chi connectivity index (χ3v) is 5.48. The first-order chi connectivity index (χ1) is 13.7. The smallest absolute Gasteiger partial charge is 0.237 e. The van der Waals surface area contributed by atoms with Gasteiger partial charge in [0.25, 0.3) is 0 Å². The van der Waals surface area contributed by atoms with Gasteiger partial charge in [0.1, 0.15) is 13.2 Å². The topological polar surface area (TPSA) is 65.4 Å². The highest BCUT2D eigenvalue weighted by Crippen LogP contribution is 2.33. The normalized spacial score (nSPS) is 13.9. The highest BCUT2D eigenvalue weighted by atomic mass is 32.2. The summed E-state index contributed by atoms with van der Waals surface area (Å²) in [6.07, 6.45) is 1.83. The summed E-state index contributed by atoms with van der Waals surface area (Å²) >= 11 is 1.43. The lowest BCUT2D eigenvalue weighted by molar-refractivity contribution is -0.115. The van der Waals surface area contributed by atoms with Crippen molar-refractivity contribution in [2.75, 3.05) is 18.5 Å². The number of allylic oxidation sites excluding steroid dienone is 1. The lowest BCUT2D eigenvalue weighted by Crippen LogP contribution is -2.23. The number of carbonyl (C=O) groups is 1. The molecular weight excluding hydrogens is 374 g/mol. The molecule has 7 heteroatoms. The molecule has 0 radical (unpaired) electrons. The van der Waals surface area contributed by atoms with E-state index in [0.29, 0.717) is 36.9 Å². The second-order valence-corrected chi connectivity index (χ2v) is 7.70. The van der Waals surface area contributed by atoms with Gasteiger partial charge in [-0.3, -0.25) is 4.79 Å². The van der Waals surface area contributed by atoms with Gasteiger partial charge in [0.2, 0.25) is 5.91 Å². The van der Waals surface area contributed by atoms with Crippen molar-refractivity contribution in [3.8, 4) is 11.5 Å². The number of anilines is 1. The molecule has 0 saturated carbocycles. The number of ether oxygens (including phenoxy) is 2. The number of benzene rings is 2. The molecule has 1 N–H and O–H groups in total. The molecule has 4 rings (SSSR count). The number of nitrogens with zero attached hydrogens (tertiary/aromatic N) is 2. The Balaban J connectivity index is 1.50. The number of aromatic nitrogens is 2. The maximum atomic E-state index is 12.7. The first-order valence-corrected chi connectivity index (χ1v) is 9.97. The fraction of sp³-hybridized carbons (Fsp3) is 0.238. The number of carbonyl (C=O) groups excluding carboxylic acids is 1. The zero-order chi connectivity index (χ0) is 19.5. The van der Waals surface area contributed by atoms with Crippen LogP contribution < -0.4 is 14.8 Å². The molecule has 2 aromatic carbocycles. The van der Waals surface area contributed by atoms with Crippen LogP contribution in [0.1, 0.15) is 6.92 Å². The molecular formula is C21H21N3O3S. The SMILES string of the molecule is C=CCn1c(SC(C)C(=O)Nc2ccc3c(c2)OCCO3)nc2ccccc21. The highest BCUT2D eigenvalue weighted by molar-refractivity contribution is 8.00. The van der Waals surface area contributed by atoms with Crippen LogP contribution in [0.15, 0.2) is 60.3 Å². The third-order valence-electron chi connectivity index (χ3n) is 4.39. The fourth-order valence-electron chi connectivity index (χ4n) is 3.03. The van der Waals surface area contributed by atoms with E-state index < -0.39 is 0 Å². The van der Waals surface area contributed by atoms with Crippen LogP contribution in [-0.4, -0.2) is 33.9 Å². The van der Waals surface area contributed by atoms with Gasteiger partial charge < -0.3 is 19.4 Å². The number of thioether (sulfide) groups is 1. The summed E-state index contributed by atoms with van der Waals surface area (Å²) in [6.45, 7) is 7.39. The van der Waals surface area contributed by atoms with Crippen LogP contribution in [0.5, 0.6) is 11.5 Å². The Hall–Kier alpha value is -2.93. The number of fused-ring (bicyclic) bond motifs is 2. The summed E-state index contributed by atoms with van der Waals surface area (Å²) < 4.78 is 13.2. The van der Waals surface area contributed by atoms with Crippen molar-refractivity contribution >= 4 is 34.4 Å². The summed E-state index contributed by atoms with van der Waals surface area (Å²) in [5.41, 5.74) is 2.62. The van der Waals surface area contributed by atoms with Crippen LogP contribution in [0.25, 0.3) is 11.0 Å². The van der Waals surface area contributed by atoms with Crippen LogP contribution in [0.3, 0.4) is 0 Å². The molecule has 2 heterocycles. The van der Waals surface area contributed by atoms with Gasteiger partial charge in [0, 0.05) is 18.3 Å². The molecule has 1 aliphatic rings. The molecule has 1 unspecified atom stereocenters. The first kappa shape index (κ1) is 18.4. The van der Waals surface area contributed by atoms with Gasteiger partial charge in [-0.2, -0.15) is 0 Å². The molecule has 1 aliphatic heterocycles. The molecule has 3 aromatic rings. The molecule has 0 saturated heterocycles. The molecule has 6 nitrogen and oxygen atoms in total. The van der Waals surface area contributed by atoms with Crippen molar-refractivity contribution in [1.29, 1.82) is 0 Å². The summed E-state index contributed by atoms with van der Waals surface area (Å²) in [5.74, 6) is 1.25. The first-order valence-electron chi connectivity index (χ1n) is 9.09. The zero-order valence-corrected chi connectivity index (χ0v) is 16.4. The van der Waals surface area contributed by atoms with Crippen molar-refractivity contribution < 1.29 is 14.3 Å². The standard InChI is InChI=1S/C21H21N3O3S/c1-3-10-24-17-7-5-4-6-16(17)23-21(24)28-14(2)20(25)22-15-8-9-18-19(13-15)27-12-11-26-18/h3-9,13-14H,1,10-12H2,2H3,(H,22,25). The lowest BCUT2D eigenvalue weighted by Gasteiger charge is -2.19. The number of para-hydroxylation sites is 2. The third kappa shape index (κ3) is 3.71. The number of hydrogen-bond donors (Lipinski definition) is 1. The van der Waals surface area contributed by atoms with Crippen LogP contribution in [0.4, 0.5) is 5.69 Å². The average molecular weight is 395 g/mol. The summed E-state index contributed by atoms with van der Waals surface area (Å²) in [4.78, 5) is 17.4. The predicted molar refractivity (Wildman–Crippen MR) is 111 cm³/mol. The Bertz CT molecular complexity index is 1030. The number of imidazole rings is 1. The Morgan fingerprint density at radius 1 is 1.29 bits per heavy atom. The molecule has 144 valence electrons. The molecule has 1 atom stereocenters. The van der Waals surface area contributed by atoms with Gasteiger partial charge in [0.05, 0.1) is 16.3 Å². The Kier molecular flexibility index (Phi) is 5.25. The maximum absolute atomic E-state index is 12.7. The molecule has 0 spiro atoms. The number of hydrogen-bond acceptors (Lipinski definition) is 5. The van der Waals surface area contributed by atoms with E-state index in [-0.39, 0.29) is 11.2 Å². The number of rotatable bonds is 6. The molecule has 28 heavy (non-hydrogen) atoms. The number of amides is 1. The van der Waals surface area contributed by atoms with Crippen molar-refractivity contribution in [1.82, 2.24) is 9.55 Å². The van der Waals surface area contributed by atoms with E-state index in [4.69, 9.17) is 9.47 Å².